The summed E-state index contributed by atoms with van der Waals surface area (Å²) in [4.78, 5) is 30.7. The number of likely N-dealkylation sites (N-methyl/N-ethyl adjacent to an activating group) is 1. The molecular weight excluding hydrogens is 458 g/mol. The molecule has 0 unspecified atom stereocenters. The molecule has 0 atom stereocenters. The van der Waals surface area contributed by atoms with Gasteiger partial charge in [-0.15, -0.1) is 0 Å². The number of hydrogen-bond donors (Lipinski definition) is 3. The monoisotopic (exact) mass is 485 g/mol. The Morgan fingerprint density at radius 3 is 2.61 bits per heavy atom. The predicted octanol–water partition coefficient (Wildman–Crippen LogP) is 3.04. The molecule has 1 saturated heterocycles. The number of aromatic nitrogens is 2. The zero-order valence-corrected chi connectivity index (χ0v) is 19.9. The molecule has 1 aliphatic heterocycles. The van der Waals surface area contributed by atoms with Crippen molar-refractivity contribution in [3.63, 3.8) is 0 Å². The van der Waals surface area contributed by atoms with Gasteiger partial charge in [0.2, 0.25) is 0 Å². The summed E-state index contributed by atoms with van der Waals surface area (Å²) in [6, 6.07) is 6.25. The minimum Gasteiger partial charge on any atom is -0.352 e. The van der Waals surface area contributed by atoms with Crippen LogP contribution in [-0.4, -0.2) is 41.0 Å². The number of carbonyl (C=O) groups excluding carboxylic acids is 1. The van der Waals surface area contributed by atoms with Crippen LogP contribution in [-0.2, 0) is 6.54 Å². The fourth-order valence-corrected chi connectivity index (χ4v) is 4.77. The van der Waals surface area contributed by atoms with Crippen molar-refractivity contribution in [1.82, 2.24) is 20.0 Å². The molecule has 0 aliphatic carbocycles. The van der Waals surface area contributed by atoms with Gasteiger partial charge in [0.1, 0.15) is 5.82 Å². The van der Waals surface area contributed by atoms with Gasteiger partial charge in [0.15, 0.2) is 0 Å². The second kappa shape index (κ2) is 8.51. The minimum atomic E-state index is -0.180. The molecule has 0 bridgehead atoms. The van der Waals surface area contributed by atoms with Crippen molar-refractivity contribution in [2.75, 3.05) is 24.5 Å². The molecule has 0 saturated carbocycles. The molecule has 1 fully saturated rings. The van der Waals surface area contributed by atoms with E-state index in [9.17, 15) is 9.59 Å². The van der Waals surface area contributed by atoms with Crippen molar-refractivity contribution in [3.05, 3.63) is 67.2 Å². The third-order valence-corrected chi connectivity index (χ3v) is 6.49. The second-order valence-corrected chi connectivity index (χ2v) is 9.10. The van der Waals surface area contributed by atoms with Crippen molar-refractivity contribution in [3.8, 4) is 0 Å². The Morgan fingerprint density at radius 1 is 1.26 bits per heavy atom. The first-order valence-corrected chi connectivity index (χ1v) is 11.4. The van der Waals surface area contributed by atoms with Gasteiger partial charge in [0, 0.05) is 64.7 Å². The molecular formula is C23H28BrN5O2. The lowest BCUT2D eigenvalue weighted by atomic mass is 10.0. The Kier molecular flexibility index (Phi) is 5.94. The maximum absolute atomic E-state index is 13.2. The van der Waals surface area contributed by atoms with Crippen molar-refractivity contribution < 1.29 is 4.79 Å². The summed E-state index contributed by atoms with van der Waals surface area (Å²) in [5.41, 5.74) is 4.62. The first kappa shape index (κ1) is 21.6. The molecule has 0 radical (unpaired) electrons. The Labute approximate surface area is 190 Å². The van der Waals surface area contributed by atoms with E-state index in [0.717, 1.165) is 52.3 Å². The first-order valence-electron chi connectivity index (χ1n) is 10.6. The summed E-state index contributed by atoms with van der Waals surface area (Å²) in [7, 11) is 0. The number of amides is 1. The topological polar surface area (TPSA) is 81.6 Å². The number of carbonyl (C=O) groups is 1. The van der Waals surface area contributed by atoms with Crippen molar-refractivity contribution in [1.29, 1.82) is 0 Å². The number of halogens is 1. The highest BCUT2D eigenvalue weighted by atomic mass is 79.9. The Balaban J connectivity index is 1.71. The Bertz CT molecular complexity index is 1210. The second-order valence-electron chi connectivity index (χ2n) is 8.18. The number of anilines is 1. The number of pyridine rings is 2. The fraction of sp³-hybridized carbons (Fsp3) is 0.391. The largest absolute Gasteiger partial charge is 0.352 e. The standard InChI is InChI=1S/C23H28BrN5O2/c1-5-28(18-9-25-10-18)23-15(4)19(8-17-7-16(24)12-29(17)23)21(30)26-11-20-13(2)6-14(3)27-22(20)31/h6-8,12,18,25H,5,9-11H2,1-4H3,(H,26,30)(H,27,31). The molecule has 3 N–H and O–H groups in total. The van der Waals surface area contributed by atoms with Gasteiger partial charge in [-0.2, -0.15) is 0 Å². The minimum absolute atomic E-state index is 0.157. The molecule has 0 aromatic carbocycles. The molecule has 31 heavy (non-hydrogen) atoms. The van der Waals surface area contributed by atoms with Gasteiger partial charge in [0.05, 0.1) is 6.04 Å². The molecule has 3 aromatic rings. The van der Waals surface area contributed by atoms with Crippen molar-refractivity contribution >= 4 is 33.2 Å². The van der Waals surface area contributed by atoms with Crippen LogP contribution in [0, 0.1) is 20.8 Å². The average Bonchev–Trinajstić information content (AvgIpc) is 3.03. The smallest absolute Gasteiger partial charge is 0.253 e. The summed E-state index contributed by atoms with van der Waals surface area (Å²) < 4.78 is 3.11. The van der Waals surface area contributed by atoms with Crippen LogP contribution in [0.3, 0.4) is 0 Å². The molecule has 0 spiro atoms. The van der Waals surface area contributed by atoms with Crippen molar-refractivity contribution in [2.45, 2.75) is 40.3 Å². The maximum atomic E-state index is 13.2. The van der Waals surface area contributed by atoms with Crippen molar-refractivity contribution in [2.24, 2.45) is 0 Å². The molecule has 3 aromatic heterocycles. The lowest BCUT2D eigenvalue weighted by molar-refractivity contribution is 0.0950. The molecule has 7 nitrogen and oxygen atoms in total. The third kappa shape index (κ3) is 4.02. The number of H-pyrrole nitrogens is 1. The Hall–Kier alpha value is -2.58. The zero-order valence-electron chi connectivity index (χ0n) is 18.3. The van der Waals surface area contributed by atoms with Crippen LogP contribution in [0.5, 0.6) is 0 Å². The lowest BCUT2D eigenvalue weighted by Gasteiger charge is -2.40. The third-order valence-electron chi connectivity index (χ3n) is 6.05. The van der Waals surface area contributed by atoms with E-state index in [1.54, 1.807) is 0 Å². The quantitative estimate of drug-likeness (QED) is 0.501. The van der Waals surface area contributed by atoms with E-state index in [0.29, 0.717) is 17.2 Å². The summed E-state index contributed by atoms with van der Waals surface area (Å²) in [6.45, 7) is 10.8. The summed E-state index contributed by atoms with van der Waals surface area (Å²) in [6.07, 6.45) is 2.04. The van der Waals surface area contributed by atoms with Gasteiger partial charge in [-0.3, -0.25) is 9.59 Å². The van der Waals surface area contributed by atoms with E-state index in [1.165, 1.54) is 0 Å². The van der Waals surface area contributed by atoms with Gasteiger partial charge in [-0.1, -0.05) is 0 Å². The van der Waals surface area contributed by atoms with Crippen LogP contribution in [0.1, 0.15) is 39.7 Å². The molecule has 8 heteroatoms. The maximum Gasteiger partial charge on any atom is 0.253 e. The number of nitrogens with one attached hydrogen (secondary N) is 3. The number of rotatable bonds is 6. The fourth-order valence-electron chi connectivity index (χ4n) is 4.33. The zero-order chi connectivity index (χ0) is 22.3. The van der Waals surface area contributed by atoms with Gasteiger partial charge in [0.25, 0.3) is 11.5 Å². The summed E-state index contributed by atoms with van der Waals surface area (Å²) in [5, 5.41) is 6.30. The number of fused-ring (bicyclic) bond motifs is 1. The van der Waals surface area contributed by atoms with E-state index in [2.05, 4.69) is 47.8 Å². The van der Waals surface area contributed by atoms with E-state index >= 15 is 0 Å². The van der Waals surface area contributed by atoms with Crippen LogP contribution in [0.15, 0.2) is 33.7 Å². The molecule has 4 heterocycles. The van der Waals surface area contributed by atoms with E-state index in [1.807, 2.05) is 45.2 Å². The molecule has 1 aliphatic rings. The number of hydrogen-bond acceptors (Lipinski definition) is 4. The summed E-state index contributed by atoms with van der Waals surface area (Å²) >= 11 is 3.58. The van der Waals surface area contributed by atoms with E-state index in [-0.39, 0.29) is 18.0 Å². The van der Waals surface area contributed by atoms with Crippen LogP contribution in [0.2, 0.25) is 0 Å². The van der Waals surface area contributed by atoms with Gasteiger partial charge >= 0.3 is 0 Å². The lowest BCUT2D eigenvalue weighted by Crippen LogP contribution is -2.58. The van der Waals surface area contributed by atoms with Crippen LogP contribution in [0.25, 0.3) is 5.52 Å². The highest BCUT2D eigenvalue weighted by molar-refractivity contribution is 9.10. The van der Waals surface area contributed by atoms with E-state index in [4.69, 9.17) is 0 Å². The van der Waals surface area contributed by atoms with Crippen LogP contribution < -0.4 is 21.1 Å². The number of aromatic amines is 1. The average molecular weight is 486 g/mol. The normalized spacial score (nSPS) is 14.0. The number of aryl methyl sites for hydroxylation is 2. The van der Waals surface area contributed by atoms with Gasteiger partial charge in [-0.05, 0) is 67.4 Å². The first-order chi connectivity index (χ1) is 14.8. The molecule has 164 valence electrons. The SMILES string of the molecule is CCN(c1c(C)c(C(=O)NCc2c(C)cc(C)[nH]c2=O)cc2cc(Br)cn12)C1CNC1. The molecule has 1 amide bonds. The van der Waals surface area contributed by atoms with Gasteiger partial charge in [-0.25, -0.2) is 0 Å². The van der Waals surface area contributed by atoms with Crippen LogP contribution >= 0.6 is 15.9 Å². The predicted molar refractivity (Wildman–Crippen MR) is 127 cm³/mol. The van der Waals surface area contributed by atoms with Crippen LogP contribution in [0.4, 0.5) is 5.82 Å². The highest BCUT2D eigenvalue weighted by Crippen LogP contribution is 2.31. The molecule has 4 rings (SSSR count). The Morgan fingerprint density at radius 2 is 2.00 bits per heavy atom. The number of nitrogens with zero attached hydrogens (tertiary/aromatic N) is 2. The van der Waals surface area contributed by atoms with E-state index < -0.39 is 0 Å². The summed E-state index contributed by atoms with van der Waals surface area (Å²) in [5.74, 6) is 0.854. The highest BCUT2D eigenvalue weighted by Gasteiger charge is 2.28. The van der Waals surface area contributed by atoms with Gasteiger partial charge < -0.3 is 24.9 Å².